The van der Waals surface area contributed by atoms with E-state index in [9.17, 15) is 4.79 Å². The third kappa shape index (κ3) is 5.11. The summed E-state index contributed by atoms with van der Waals surface area (Å²) in [6.45, 7) is 0. The summed E-state index contributed by atoms with van der Waals surface area (Å²) in [6, 6.07) is 22.6. The van der Waals surface area contributed by atoms with Crippen molar-refractivity contribution in [2.24, 2.45) is 5.10 Å². The lowest BCUT2D eigenvalue weighted by Gasteiger charge is -2.07. The Kier molecular flexibility index (Phi) is 6.25. The number of methoxy groups -OCH3 is 2. The number of benzene rings is 3. The number of ether oxygens (including phenoxy) is 2. The smallest absolute Gasteiger partial charge is 0.271 e. The van der Waals surface area contributed by atoms with Crippen LogP contribution in [0.4, 0.5) is 11.4 Å². The minimum Gasteiger partial charge on any atom is -0.497 e. The lowest BCUT2D eigenvalue weighted by molar-refractivity contribution is 0.0954. The topological polar surface area (TPSA) is 72.0 Å². The van der Waals surface area contributed by atoms with Gasteiger partial charge in [0.25, 0.3) is 5.91 Å². The molecule has 3 aromatic rings. The second kappa shape index (κ2) is 9.23. The third-order valence-electron chi connectivity index (χ3n) is 3.97. The molecule has 28 heavy (non-hydrogen) atoms. The fourth-order valence-corrected chi connectivity index (χ4v) is 2.51. The van der Waals surface area contributed by atoms with Crippen LogP contribution in [-0.2, 0) is 0 Å². The highest BCUT2D eigenvalue weighted by Gasteiger charge is 2.09. The van der Waals surface area contributed by atoms with Crippen LogP contribution in [0.3, 0.4) is 0 Å². The van der Waals surface area contributed by atoms with Gasteiger partial charge in [0.05, 0.1) is 20.4 Å². The molecule has 142 valence electrons. The Hall–Kier alpha value is -3.80. The van der Waals surface area contributed by atoms with Gasteiger partial charge in [-0.1, -0.05) is 30.3 Å². The van der Waals surface area contributed by atoms with Gasteiger partial charge >= 0.3 is 0 Å². The zero-order valence-electron chi connectivity index (χ0n) is 15.7. The van der Waals surface area contributed by atoms with Crippen molar-refractivity contribution in [1.29, 1.82) is 0 Å². The van der Waals surface area contributed by atoms with E-state index in [0.29, 0.717) is 17.1 Å². The number of amides is 1. The molecule has 2 N–H and O–H groups in total. The maximum atomic E-state index is 12.3. The monoisotopic (exact) mass is 375 g/mol. The number of carbonyl (C=O) groups excluding carboxylic acids is 1. The van der Waals surface area contributed by atoms with Crippen LogP contribution in [-0.4, -0.2) is 26.3 Å². The molecule has 0 aliphatic carbocycles. The first-order valence-electron chi connectivity index (χ1n) is 8.66. The largest absolute Gasteiger partial charge is 0.497 e. The fourth-order valence-electron chi connectivity index (χ4n) is 2.51. The molecule has 1 amide bonds. The minimum absolute atomic E-state index is 0.351. The number of anilines is 2. The van der Waals surface area contributed by atoms with Crippen molar-refractivity contribution in [2.45, 2.75) is 0 Å². The predicted molar refractivity (Wildman–Crippen MR) is 111 cm³/mol. The summed E-state index contributed by atoms with van der Waals surface area (Å²) in [4.78, 5) is 12.3. The average Bonchev–Trinajstić information content (AvgIpc) is 2.75. The first-order chi connectivity index (χ1) is 13.7. The van der Waals surface area contributed by atoms with Gasteiger partial charge in [-0.05, 0) is 42.0 Å². The molecular weight excluding hydrogens is 354 g/mol. The van der Waals surface area contributed by atoms with Crippen LogP contribution in [0.5, 0.6) is 11.5 Å². The molecule has 0 aliphatic rings. The van der Waals surface area contributed by atoms with Crippen molar-refractivity contribution in [3.63, 3.8) is 0 Å². The molecule has 0 fully saturated rings. The first-order valence-corrected chi connectivity index (χ1v) is 8.66. The molecule has 0 spiro atoms. The second-order valence-corrected chi connectivity index (χ2v) is 5.91. The summed E-state index contributed by atoms with van der Waals surface area (Å²) in [7, 11) is 3.07. The number of carbonyl (C=O) groups is 1. The normalized spacial score (nSPS) is 10.5. The molecule has 3 aromatic carbocycles. The molecule has 0 radical (unpaired) electrons. The molecule has 6 heteroatoms. The Morgan fingerprint density at radius 1 is 0.857 bits per heavy atom. The summed E-state index contributed by atoms with van der Waals surface area (Å²) >= 11 is 0. The number of para-hydroxylation sites is 1. The van der Waals surface area contributed by atoms with Gasteiger partial charge < -0.3 is 14.8 Å². The van der Waals surface area contributed by atoms with Gasteiger partial charge in [-0.15, -0.1) is 0 Å². The standard InChI is InChI=1S/C22H21N3O3/c1-27-20-12-17(13-21(14-20)28-2)22(26)25-23-15-16-8-10-19(11-9-16)24-18-6-4-3-5-7-18/h3-15,24H,1-2H3,(H,25,26)/b23-15-. The molecule has 0 saturated carbocycles. The fraction of sp³-hybridized carbons (Fsp3) is 0.0909. The Balaban J connectivity index is 1.60. The van der Waals surface area contributed by atoms with Gasteiger partial charge in [0, 0.05) is 23.0 Å². The van der Waals surface area contributed by atoms with E-state index in [2.05, 4.69) is 15.8 Å². The van der Waals surface area contributed by atoms with Crippen LogP contribution in [0.25, 0.3) is 0 Å². The van der Waals surface area contributed by atoms with Crippen molar-refractivity contribution < 1.29 is 14.3 Å². The Bertz CT molecular complexity index is 932. The van der Waals surface area contributed by atoms with Crippen molar-refractivity contribution in [3.05, 3.63) is 83.9 Å². The van der Waals surface area contributed by atoms with Crippen molar-refractivity contribution in [3.8, 4) is 11.5 Å². The SMILES string of the molecule is COc1cc(OC)cc(C(=O)N/N=C\c2ccc(Nc3ccccc3)cc2)c1. The quantitative estimate of drug-likeness (QED) is 0.479. The number of nitrogens with zero attached hydrogens (tertiary/aromatic N) is 1. The zero-order chi connectivity index (χ0) is 19.8. The average molecular weight is 375 g/mol. The molecule has 0 atom stereocenters. The molecule has 0 unspecified atom stereocenters. The van der Waals surface area contributed by atoms with Crippen LogP contribution in [0.15, 0.2) is 77.9 Å². The number of rotatable bonds is 7. The van der Waals surface area contributed by atoms with Crippen LogP contribution in [0.2, 0.25) is 0 Å². The van der Waals surface area contributed by atoms with Crippen LogP contribution in [0, 0.1) is 0 Å². The van der Waals surface area contributed by atoms with E-state index in [1.165, 1.54) is 14.2 Å². The summed E-state index contributed by atoms with van der Waals surface area (Å²) in [5, 5.41) is 7.33. The van der Waals surface area contributed by atoms with E-state index in [1.54, 1.807) is 24.4 Å². The van der Waals surface area contributed by atoms with Crippen LogP contribution in [0.1, 0.15) is 15.9 Å². The van der Waals surface area contributed by atoms with Crippen molar-refractivity contribution in [2.75, 3.05) is 19.5 Å². The minimum atomic E-state index is -0.351. The van der Waals surface area contributed by atoms with E-state index in [1.807, 2.05) is 54.6 Å². The van der Waals surface area contributed by atoms with E-state index in [4.69, 9.17) is 9.47 Å². The lowest BCUT2D eigenvalue weighted by atomic mass is 10.2. The number of hydrogen-bond donors (Lipinski definition) is 2. The maximum Gasteiger partial charge on any atom is 0.271 e. The van der Waals surface area contributed by atoms with Crippen LogP contribution >= 0.6 is 0 Å². The second-order valence-electron chi connectivity index (χ2n) is 5.91. The highest BCUT2D eigenvalue weighted by Crippen LogP contribution is 2.22. The molecule has 0 bridgehead atoms. The molecule has 0 aliphatic heterocycles. The summed E-state index contributed by atoms with van der Waals surface area (Å²) < 4.78 is 10.3. The van der Waals surface area contributed by atoms with E-state index >= 15 is 0 Å². The maximum absolute atomic E-state index is 12.3. The number of hydrogen-bond acceptors (Lipinski definition) is 5. The molecule has 3 rings (SSSR count). The van der Waals surface area contributed by atoms with Crippen molar-refractivity contribution >= 4 is 23.5 Å². The van der Waals surface area contributed by atoms with Gasteiger partial charge in [-0.25, -0.2) is 5.43 Å². The lowest BCUT2D eigenvalue weighted by Crippen LogP contribution is -2.17. The predicted octanol–water partition coefficient (Wildman–Crippen LogP) is 4.21. The number of hydrazone groups is 1. The zero-order valence-corrected chi connectivity index (χ0v) is 15.7. The Morgan fingerprint density at radius 3 is 2.07 bits per heavy atom. The molecule has 0 aromatic heterocycles. The van der Waals surface area contributed by atoms with Gasteiger partial charge in [-0.2, -0.15) is 5.10 Å². The van der Waals surface area contributed by atoms with Gasteiger partial charge in [0.1, 0.15) is 11.5 Å². The van der Waals surface area contributed by atoms with Crippen LogP contribution < -0.4 is 20.2 Å². The van der Waals surface area contributed by atoms with Gasteiger partial charge in [-0.3, -0.25) is 4.79 Å². The Labute approximate surface area is 163 Å². The Morgan fingerprint density at radius 2 is 1.46 bits per heavy atom. The first kappa shape index (κ1) is 19.0. The van der Waals surface area contributed by atoms with E-state index < -0.39 is 0 Å². The number of nitrogens with one attached hydrogen (secondary N) is 2. The van der Waals surface area contributed by atoms with Gasteiger partial charge in [0.15, 0.2) is 0 Å². The van der Waals surface area contributed by atoms with Crippen molar-refractivity contribution in [1.82, 2.24) is 5.43 Å². The highest BCUT2D eigenvalue weighted by molar-refractivity contribution is 5.95. The van der Waals surface area contributed by atoms with Gasteiger partial charge in [0.2, 0.25) is 0 Å². The molecule has 0 heterocycles. The molecule has 6 nitrogen and oxygen atoms in total. The third-order valence-corrected chi connectivity index (χ3v) is 3.97. The van der Waals surface area contributed by atoms with E-state index in [-0.39, 0.29) is 5.91 Å². The molecule has 0 saturated heterocycles. The summed E-state index contributed by atoms with van der Waals surface area (Å²) in [5.41, 5.74) is 5.76. The summed E-state index contributed by atoms with van der Waals surface area (Å²) in [5.74, 6) is 0.723. The molecular formula is C22H21N3O3. The van der Waals surface area contributed by atoms with E-state index in [0.717, 1.165) is 16.9 Å². The summed E-state index contributed by atoms with van der Waals surface area (Å²) in [6.07, 6.45) is 1.58. The highest BCUT2D eigenvalue weighted by atomic mass is 16.5.